The van der Waals surface area contributed by atoms with Crippen molar-refractivity contribution in [1.82, 2.24) is 5.06 Å². The Morgan fingerprint density at radius 1 is 1.21 bits per heavy atom. The van der Waals surface area contributed by atoms with Crippen LogP contribution in [0.3, 0.4) is 0 Å². The molecular weight excluding hydrogens is 310 g/mol. The lowest BCUT2D eigenvalue weighted by Gasteiger charge is -2.58. The topological polar surface area (TPSA) is 68.2 Å². The normalized spacial score (nSPS) is 27.6. The third-order valence-electron chi connectivity index (χ3n) is 5.27. The van der Waals surface area contributed by atoms with Crippen LogP contribution in [-0.2, 0) is 19.0 Å². The molecule has 0 bridgehead atoms. The molecule has 0 unspecified atom stereocenters. The Kier molecular flexibility index (Phi) is 5.17. The van der Waals surface area contributed by atoms with Crippen molar-refractivity contribution in [3.05, 3.63) is 12.7 Å². The summed E-state index contributed by atoms with van der Waals surface area (Å²) in [4.78, 5) is 11.4. The van der Waals surface area contributed by atoms with Gasteiger partial charge in [0.15, 0.2) is 5.79 Å². The van der Waals surface area contributed by atoms with E-state index in [1.54, 1.807) is 0 Å². The summed E-state index contributed by atoms with van der Waals surface area (Å²) >= 11 is 0. The molecule has 2 saturated heterocycles. The van der Waals surface area contributed by atoms with Gasteiger partial charge in [0, 0.05) is 30.0 Å². The molecule has 24 heavy (non-hydrogen) atoms. The maximum Gasteiger partial charge on any atom is 0.330 e. The number of hydrogen-bond acceptors (Lipinski definition) is 6. The molecule has 0 saturated carbocycles. The molecule has 0 radical (unpaired) electrons. The third kappa shape index (κ3) is 3.67. The van der Waals surface area contributed by atoms with Gasteiger partial charge in [0.05, 0.1) is 18.6 Å². The first kappa shape index (κ1) is 19.4. The number of carbonyl (C=O) groups is 1. The molecule has 2 aliphatic rings. The molecule has 0 amide bonds. The summed E-state index contributed by atoms with van der Waals surface area (Å²) in [7, 11) is 0. The smallest absolute Gasteiger partial charge is 0.330 e. The van der Waals surface area contributed by atoms with Gasteiger partial charge in [-0.1, -0.05) is 13.5 Å². The van der Waals surface area contributed by atoms with E-state index in [-0.39, 0.29) is 12.0 Å². The standard InChI is InChI=1S/C18H31NO5/c1-7-14(20)22-11-17(8-2)12-23-18(24-13-17)9-15(3,4)19(21)16(5,6)10-18/h7,21H,1,8-13H2,2-6H3. The molecule has 0 aliphatic carbocycles. The molecule has 1 N–H and O–H groups in total. The van der Waals surface area contributed by atoms with E-state index < -0.39 is 22.8 Å². The summed E-state index contributed by atoms with van der Waals surface area (Å²) in [6, 6.07) is 0. The SMILES string of the molecule is C=CC(=O)OCC1(CC)COC2(CC(C)(C)N(O)C(C)(C)C2)OC1. The van der Waals surface area contributed by atoms with Crippen LogP contribution in [0.1, 0.15) is 53.9 Å². The van der Waals surface area contributed by atoms with Crippen molar-refractivity contribution in [3.63, 3.8) is 0 Å². The molecule has 1 spiro atoms. The zero-order chi connectivity index (χ0) is 18.2. The highest BCUT2D eigenvalue weighted by Gasteiger charge is 2.56. The second-order valence-corrected chi connectivity index (χ2v) is 8.44. The monoisotopic (exact) mass is 341 g/mol. The van der Waals surface area contributed by atoms with Gasteiger partial charge < -0.3 is 19.4 Å². The quantitative estimate of drug-likeness (QED) is 0.626. The summed E-state index contributed by atoms with van der Waals surface area (Å²) in [5.41, 5.74) is -1.25. The first-order chi connectivity index (χ1) is 11.0. The highest BCUT2D eigenvalue weighted by molar-refractivity contribution is 5.81. The lowest BCUT2D eigenvalue weighted by molar-refractivity contribution is -0.375. The fraction of sp³-hybridized carbons (Fsp3) is 0.833. The summed E-state index contributed by atoms with van der Waals surface area (Å²) in [5.74, 6) is -1.15. The molecule has 2 rings (SSSR count). The van der Waals surface area contributed by atoms with Crippen LogP contribution in [-0.4, -0.2) is 52.9 Å². The van der Waals surface area contributed by atoms with Crippen molar-refractivity contribution in [2.45, 2.75) is 70.7 Å². The predicted octanol–water partition coefficient (Wildman–Crippen LogP) is 2.90. The molecule has 2 aliphatic heterocycles. The Morgan fingerprint density at radius 2 is 1.71 bits per heavy atom. The minimum Gasteiger partial charge on any atom is -0.462 e. The van der Waals surface area contributed by atoms with Crippen LogP contribution >= 0.6 is 0 Å². The van der Waals surface area contributed by atoms with Crippen molar-refractivity contribution in [3.8, 4) is 0 Å². The van der Waals surface area contributed by atoms with Crippen LogP contribution in [0.4, 0.5) is 0 Å². The van der Waals surface area contributed by atoms with Gasteiger partial charge in [-0.2, -0.15) is 5.06 Å². The predicted molar refractivity (Wildman–Crippen MR) is 89.5 cm³/mol. The molecule has 138 valence electrons. The summed E-state index contributed by atoms with van der Waals surface area (Å²) in [5, 5.41) is 11.9. The summed E-state index contributed by atoms with van der Waals surface area (Å²) in [6.45, 7) is 14.6. The zero-order valence-electron chi connectivity index (χ0n) is 15.6. The molecule has 0 aromatic heterocycles. The lowest BCUT2D eigenvalue weighted by atomic mass is 9.76. The van der Waals surface area contributed by atoms with Gasteiger partial charge in [-0.25, -0.2) is 4.79 Å². The maximum absolute atomic E-state index is 11.4. The Labute approximate surface area is 144 Å². The van der Waals surface area contributed by atoms with Crippen LogP contribution < -0.4 is 0 Å². The summed E-state index contributed by atoms with van der Waals surface area (Å²) < 4.78 is 17.7. The number of rotatable bonds is 4. The number of carbonyl (C=O) groups excluding carboxylic acids is 1. The second-order valence-electron chi connectivity index (χ2n) is 8.44. The summed E-state index contributed by atoms with van der Waals surface area (Å²) in [6.07, 6.45) is 3.10. The van der Waals surface area contributed by atoms with Crippen LogP contribution in [0.2, 0.25) is 0 Å². The van der Waals surface area contributed by atoms with E-state index in [9.17, 15) is 10.0 Å². The van der Waals surface area contributed by atoms with E-state index in [2.05, 4.69) is 6.58 Å². The Morgan fingerprint density at radius 3 is 2.12 bits per heavy atom. The minimum atomic E-state index is -0.715. The van der Waals surface area contributed by atoms with Crippen LogP contribution in [0.5, 0.6) is 0 Å². The third-order valence-corrected chi connectivity index (χ3v) is 5.27. The molecule has 2 fully saturated rings. The van der Waals surface area contributed by atoms with Gasteiger partial charge in [-0.3, -0.25) is 0 Å². The maximum atomic E-state index is 11.4. The molecule has 6 heteroatoms. The van der Waals surface area contributed by atoms with Gasteiger partial charge in [-0.15, -0.1) is 0 Å². The van der Waals surface area contributed by atoms with Gasteiger partial charge in [0.2, 0.25) is 0 Å². The molecule has 0 aromatic rings. The lowest BCUT2D eigenvalue weighted by Crippen LogP contribution is -2.67. The van der Waals surface area contributed by atoms with Gasteiger partial charge in [-0.05, 0) is 34.1 Å². The molecule has 0 atom stereocenters. The van der Waals surface area contributed by atoms with Gasteiger partial charge in [0.1, 0.15) is 6.61 Å². The first-order valence-corrected chi connectivity index (χ1v) is 8.56. The van der Waals surface area contributed by atoms with Gasteiger partial charge in [0.25, 0.3) is 0 Å². The zero-order valence-corrected chi connectivity index (χ0v) is 15.6. The van der Waals surface area contributed by atoms with Crippen molar-refractivity contribution in [2.75, 3.05) is 19.8 Å². The molecular formula is C18H31NO5. The highest BCUT2D eigenvalue weighted by atomic mass is 16.7. The average Bonchev–Trinajstić information content (AvgIpc) is 2.52. The minimum absolute atomic E-state index is 0.253. The van der Waals surface area contributed by atoms with Crippen LogP contribution in [0.15, 0.2) is 12.7 Å². The fourth-order valence-corrected chi connectivity index (χ4v) is 3.88. The van der Waals surface area contributed by atoms with E-state index in [1.165, 1.54) is 5.06 Å². The number of hydrogen-bond donors (Lipinski definition) is 1. The molecule has 0 aromatic carbocycles. The van der Waals surface area contributed by atoms with Gasteiger partial charge >= 0.3 is 5.97 Å². The van der Waals surface area contributed by atoms with Crippen molar-refractivity contribution >= 4 is 5.97 Å². The second kappa shape index (κ2) is 6.41. The van der Waals surface area contributed by atoms with E-state index in [0.29, 0.717) is 26.1 Å². The number of ether oxygens (including phenoxy) is 3. The molecule has 6 nitrogen and oxygen atoms in total. The van der Waals surface area contributed by atoms with Crippen LogP contribution in [0.25, 0.3) is 0 Å². The first-order valence-electron chi connectivity index (χ1n) is 8.56. The van der Waals surface area contributed by atoms with Crippen LogP contribution in [0, 0.1) is 5.41 Å². The number of piperidine rings is 1. The number of nitrogens with zero attached hydrogens (tertiary/aromatic N) is 1. The van der Waals surface area contributed by atoms with Crippen molar-refractivity contribution in [2.24, 2.45) is 5.41 Å². The van der Waals surface area contributed by atoms with E-state index in [0.717, 1.165) is 12.5 Å². The van der Waals surface area contributed by atoms with E-state index in [1.807, 2.05) is 34.6 Å². The Bertz CT molecular complexity index is 472. The van der Waals surface area contributed by atoms with E-state index in [4.69, 9.17) is 14.2 Å². The number of hydroxylamine groups is 2. The van der Waals surface area contributed by atoms with Crippen molar-refractivity contribution in [1.29, 1.82) is 0 Å². The largest absolute Gasteiger partial charge is 0.462 e. The van der Waals surface area contributed by atoms with E-state index >= 15 is 0 Å². The Balaban J connectivity index is 2.10. The Hall–Kier alpha value is -0.950. The number of esters is 1. The average molecular weight is 341 g/mol. The highest BCUT2D eigenvalue weighted by Crippen LogP contribution is 2.48. The van der Waals surface area contributed by atoms with Crippen molar-refractivity contribution < 1.29 is 24.2 Å². The molecule has 2 heterocycles. The fourth-order valence-electron chi connectivity index (χ4n) is 3.88.